The second-order valence-corrected chi connectivity index (χ2v) is 5.99. The highest BCUT2D eigenvalue weighted by molar-refractivity contribution is 5.86. The van der Waals surface area contributed by atoms with Gasteiger partial charge in [-0.1, -0.05) is 12.1 Å². The molecule has 132 valence electrons. The topological polar surface area (TPSA) is 101 Å². The van der Waals surface area contributed by atoms with Crippen molar-refractivity contribution in [2.75, 3.05) is 6.54 Å². The Morgan fingerprint density at radius 3 is 2.65 bits per heavy atom. The van der Waals surface area contributed by atoms with Crippen molar-refractivity contribution in [3.8, 4) is 11.8 Å². The van der Waals surface area contributed by atoms with Gasteiger partial charge >= 0.3 is 5.97 Å². The molecule has 0 bridgehead atoms. The zero-order chi connectivity index (χ0) is 18.5. The van der Waals surface area contributed by atoms with E-state index in [9.17, 15) is 4.79 Å². The summed E-state index contributed by atoms with van der Waals surface area (Å²) >= 11 is 0. The summed E-state index contributed by atoms with van der Waals surface area (Å²) in [7, 11) is 0. The number of nitrogens with zero attached hydrogens (tertiary/aromatic N) is 2. The van der Waals surface area contributed by atoms with Crippen LogP contribution >= 0.6 is 0 Å². The van der Waals surface area contributed by atoms with E-state index in [2.05, 4.69) is 6.07 Å². The molecule has 0 unspecified atom stereocenters. The zero-order valence-corrected chi connectivity index (χ0v) is 14.2. The van der Waals surface area contributed by atoms with Crippen LogP contribution in [0.1, 0.15) is 16.7 Å². The van der Waals surface area contributed by atoms with Crippen LogP contribution in [0.25, 0.3) is 10.9 Å². The number of ether oxygens (including phenoxy) is 1. The van der Waals surface area contributed by atoms with Gasteiger partial charge in [0.15, 0.2) is 0 Å². The number of carbonyl (C=O) groups is 1. The van der Waals surface area contributed by atoms with Crippen molar-refractivity contribution < 1.29 is 14.6 Å². The van der Waals surface area contributed by atoms with Gasteiger partial charge in [0.2, 0.25) is 0 Å². The molecular formula is C20H19N3O3. The highest BCUT2D eigenvalue weighted by atomic mass is 16.5. The number of carboxylic acids is 1. The fourth-order valence-electron chi connectivity index (χ4n) is 2.91. The Morgan fingerprint density at radius 1 is 1.23 bits per heavy atom. The number of aliphatic carboxylic acids is 1. The average molecular weight is 349 g/mol. The van der Waals surface area contributed by atoms with E-state index >= 15 is 0 Å². The first-order chi connectivity index (χ1) is 12.6. The van der Waals surface area contributed by atoms with Crippen LogP contribution in [0.2, 0.25) is 0 Å². The molecule has 1 heterocycles. The molecule has 0 spiro atoms. The van der Waals surface area contributed by atoms with Crippen molar-refractivity contribution in [3.05, 3.63) is 65.4 Å². The van der Waals surface area contributed by atoms with E-state index in [1.54, 1.807) is 16.7 Å². The van der Waals surface area contributed by atoms with Gasteiger partial charge in [0.1, 0.15) is 18.9 Å². The Labute approximate surface area is 151 Å². The quantitative estimate of drug-likeness (QED) is 0.683. The third-order valence-corrected chi connectivity index (χ3v) is 4.14. The molecule has 0 saturated heterocycles. The predicted molar refractivity (Wildman–Crippen MR) is 97.8 cm³/mol. The molecule has 0 amide bonds. The fraction of sp³-hybridized carbons (Fsp3) is 0.200. The maximum atomic E-state index is 11.1. The van der Waals surface area contributed by atoms with Crippen molar-refractivity contribution in [2.24, 2.45) is 5.73 Å². The maximum absolute atomic E-state index is 11.1. The lowest BCUT2D eigenvalue weighted by Crippen LogP contribution is -2.07. The molecule has 3 N–H and O–H groups in total. The summed E-state index contributed by atoms with van der Waals surface area (Å²) in [4.78, 5) is 11.1. The number of hydrogen-bond acceptors (Lipinski definition) is 4. The molecule has 26 heavy (non-hydrogen) atoms. The molecule has 0 aliphatic carbocycles. The Bertz CT molecular complexity index is 968. The first-order valence-electron chi connectivity index (χ1n) is 8.26. The van der Waals surface area contributed by atoms with Crippen molar-refractivity contribution >= 4 is 16.9 Å². The van der Waals surface area contributed by atoms with Gasteiger partial charge in [-0.2, -0.15) is 5.26 Å². The smallest absolute Gasteiger partial charge is 0.323 e. The third kappa shape index (κ3) is 3.85. The van der Waals surface area contributed by atoms with E-state index in [1.165, 1.54) is 0 Å². The van der Waals surface area contributed by atoms with Crippen LogP contribution in [-0.2, 0) is 24.4 Å². The zero-order valence-electron chi connectivity index (χ0n) is 14.2. The standard InChI is InChI=1S/C20H19N3O3/c21-8-7-16-11-23(12-20(24)25)19-6-5-17(9-18(16)19)26-13-15-3-1-14(10-22)2-4-15/h1-6,9,11H,7-8,12-13,21H2,(H,24,25). The van der Waals surface area contributed by atoms with Gasteiger partial charge < -0.3 is 20.1 Å². The van der Waals surface area contributed by atoms with E-state index in [1.807, 2.05) is 36.5 Å². The first kappa shape index (κ1) is 17.5. The molecule has 0 atom stereocenters. The van der Waals surface area contributed by atoms with Crippen LogP contribution in [0.4, 0.5) is 0 Å². The van der Waals surface area contributed by atoms with Gasteiger partial charge in [-0.05, 0) is 54.4 Å². The first-order valence-corrected chi connectivity index (χ1v) is 8.26. The van der Waals surface area contributed by atoms with Crippen LogP contribution in [0.15, 0.2) is 48.7 Å². The molecule has 6 heteroatoms. The summed E-state index contributed by atoms with van der Waals surface area (Å²) < 4.78 is 7.57. The Hall–Kier alpha value is -3.30. The number of carboxylic acid groups (broad SMARTS) is 1. The molecule has 0 aliphatic rings. The molecule has 0 aliphatic heterocycles. The largest absolute Gasteiger partial charge is 0.489 e. The minimum atomic E-state index is -0.887. The second kappa shape index (κ2) is 7.72. The highest BCUT2D eigenvalue weighted by Crippen LogP contribution is 2.27. The van der Waals surface area contributed by atoms with Gasteiger partial charge in [0.05, 0.1) is 11.6 Å². The average Bonchev–Trinajstić information content (AvgIpc) is 2.97. The monoisotopic (exact) mass is 349 g/mol. The molecule has 2 aromatic carbocycles. The van der Waals surface area contributed by atoms with Gasteiger partial charge in [-0.15, -0.1) is 0 Å². The van der Waals surface area contributed by atoms with Crippen molar-refractivity contribution in [3.63, 3.8) is 0 Å². The summed E-state index contributed by atoms with van der Waals surface area (Å²) in [6.45, 7) is 0.786. The summed E-state index contributed by atoms with van der Waals surface area (Å²) in [5, 5.41) is 18.9. The fourth-order valence-corrected chi connectivity index (χ4v) is 2.91. The number of nitriles is 1. The van der Waals surface area contributed by atoms with Gasteiger partial charge in [-0.3, -0.25) is 4.79 Å². The van der Waals surface area contributed by atoms with Crippen LogP contribution < -0.4 is 10.5 Å². The number of benzene rings is 2. The molecule has 1 aromatic heterocycles. The lowest BCUT2D eigenvalue weighted by Gasteiger charge is -2.08. The third-order valence-electron chi connectivity index (χ3n) is 4.14. The summed E-state index contributed by atoms with van der Waals surface area (Å²) in [6, 6.07) is 14.9. The predicted octanol–water partition coefficient (Wildman–Crippen LogP) is 2.68. The molecule has 3 rings (SSSR count). The van der Waals surface area contributed by atoms with Crippen molar-refractivity contribution in [1.29, 1.82) is 5.26 Å². The number of nitrogens with two attached hydrogens (primary N) is 1. The van der Waals surface area contributed by atoms with Gasteiger partial charge in [0, 0.05) is 17.1 Å². The highest BCUT2D eigenvalue weighted by Gasteiger charge is 2.11. The van der Waals surface area contributed by atoms with Crippen molar-refractivity contribution in [2.45, 2.75) is 19.6 Å². The van der Waals surface area contributed by atoms with Crippen LogP contribution in [0, 0.1) is 11.3 Å². The Balaban J connectivity index is 1.83. The summed E-state index contributed by atoms with van der Waals surface area (Å²) in [5.74, 6) is -0.185. The number of rotatable bonds is 7. The van der Waals surface area contributed by atoms with Gasteiger partial charge in [0.25, 0.3) is 0 Å². The lowest BCUT2D eigenvalue weighted by atomic mass is 10.1. The molecule has 3 aromatic rings. The number of aromatic nitrogens is 1. The van der Waals surface area contributed by atoms with Crippen LogP contribution in [0.3, 0.4) is 0 Å². The molecule has 6 nitrogen and oxygen atoms in total. The number of fused-ring (bicyclic) bond motifs is 1. The van der Waals surface area contributed by atoms with Gasteiger partial charge in [-0.25, -0.2) is 0 Å². The maximum Gasteiger partial charge on any atom is 0.323 e. The van der Waals surface area contributed by atoms with E-state index in [0.717, 1.165) is 22.0 Å². The van der Waals surface area contributed by atoms with E-state index in [0.29, 0.717) is 30.9 Å². The second-order valence-electron chi connectivity index (χ2n) is 5.99. The van der Waals surface area contributed by atoms with E-state index in [-0.39, 0.29) is 6.54 Å². The minimum absolute atomic E-state index is 0.0908. The van der Waals surface area contributed by atoms with E-state index in [4.69, 9.17) is 20.8 Å². The normalized spacial score (nSPS) is 10.6. The lowest BCUT2D eigenvalue weighted by molar-refractivity contribution is -0.137. The SMILES string of the molecule is N#Cc1ccc(COc2ccc3c(c2)c(CCN)cn3CC(=O)O)cc1. The van der Waals surface area contributed by atoms with Crippen molar-refractivity contribution in [1.82, 2.24) is 4.57 Å². The molecule has 0 radical (unpaired) electrons. The van der Waals surface area contributed by atoms with Crippen LogP contribution in [0.5, 0.6) is 5.75 Å². The summed E-state index contributed by atoms with van der Waals surface area (Å²) in [6.07, 6.45) is 2.51. The number of hydrogen-bond donors (Lipinski definition) is 2. The molecule has 0 fully saturated rings. The molecular weight excluding hydrogens is 330 g/mol. The van der Waals surface area contributed by atoms with Crippen LogP contribution in [-0.4, -0.2) is 22.2 Å². The Kier molecular flexibility index (Phi) is 5.20. The Morgan fingerprint density at radius 2 is 2.00 bits per heavy atom. The molecule has 0 saturated carbocycles. The summed E-state index contributed by atoms with van der Waals surface area (Å²) in [5.41, 5.74) is 9.11. The minimum Gasteiger partial charge on any atom is -0.489 e. The van der Waals surface area contributed by atoms with E-state index < -0.39 is 5.97 Å².